The van der Waals surface area contributed by atoms with Gasteiger partial charge in [0.05, 0.1) is 6.54 Å². The Kier molecular flexibility index (Phi) is 5.32. The average molecular weight is 331 g/mol. The molecule has 1 aliphatic rings. The SMILES string of the molecule is Cc1ccc(CN2CCN(CC(=O)Nc3nncs3)CC2)cc1. The molecule has 1 aromatic heterocycles. The van der Waals surface area contributed by atoms with Crippen LogP contribution in [0.15, 0.2) is 29.8 Å². The molecule has 0 radical (unpaired) electrons. The van der Waals surface area contributed by atoms with Gasteiger partial charge in [0.1, 0.15) is 5.51 Å². The highest BCUT2D eigenvalue weighted by Crippen LogP contribution is 2.11. The van der Waals surface area contributed by atoms with E-state index in [1.54, 1.807) is 5.51 Å². The monoisotopic (exact) mass is 331 g/mol. The minimum Gasteiger partial charge on any atom is -0.299 e. The van der Waals surface area contributed by atoms with Gasteiger partial charge in [0.2, 0.25) is 11.0 Å². The Morgan fingerprint density at radius 2 is 1.87 bits per heavy atom. The lowest BCUT2D eigenvalue weighted by molar-refractivity contribution is -0.117. The van der Waals surface area contributed by atoms with Crippen LogP contribution in [0.25, 0.3) is 0 Å². The fourth-order valence-electron chi connectivity index (χ4n) is 2.65. The molecule has 6 nitrogen and oxygen atoms in total. The molecule has 2 aromatic rings. The molecule has 7 heteroatoms. The molecule has 3 rings (SSSR count). The number of piperazine rings is 1. The molecule has 1 saturated heterocycles. The van der Waals surface area contributed by atoms with Gasteiger partial charge < -0.3 is 0 Å². The molecule has 1 N–H and O–H groups in total. The molecule has 0 spiro atoms. The Bertz CT molecular complexity index is 620. The predicted molar refractivity (Wildman–Crippen MR) is 91.4 cm³/mol. The number of carbonyl (C=O) groups excluding carboxylic acids is 1. The molecular weight excluding hydrogens is 310 g/mol. The van der Waals surface area contributed by atoms with E-state index in [9.17, 15) is 4.79 Å². The predicted octanol–water partition coefficient (Wildman–Crippen LogP) is 1.60. The summed E-state index contributed by atoms with van der Waals surface area (Å²) < 4.78 is 0. The van der Waals surface area contributed by atoms with Crippen molar-refractivity contribution in [3.63, 3.8) is 0 Å². The highest BCUT2D eigenvalue weighted by Gasteiger charge is 2.19. The van der Waals surface area contributed by atoms with E-state index >= 15 is 0 Å². The van der Waals surface area contributed by atoms with Crippen molar-refractivity contribution < 1.29 is 4.79 Å². The first-order valence-electron chi connectivity index (χ1n) is 7.75. The van der Waals surface area contributed by atoms with Gasteiger partial charge in [-0.05, 0) is 12.5 Å². The van der Waals surface area contributed by atoms with E-state index in [-0.39, 0.29) is 5.91 Å². The molecule has 0 aliphatic carbocycles. The first-order chi connectivity index (χ1) is 11.2. The molecule has 0 saturated carbocycles. The van der Waals surface area contributed by atoms with E-state index in [2.05, 4.69) is 56.5 Å². The molecule has 1 aromatic carbocycles. The number of nitrogens with one attached hydrogen (secondary N) is 1. The first-order valence-corrected chi connectivity index (χ1v) is 8.63. The van der Waals surface area contributed by atoms with Crippen LogP contribution in [0.3, 0.4) is 0 Å². The summed E-state index contributed by atoms with van der Waals surface area (Å²) in [5.74, 6) is -0.0197. The van der Waals surface area contributed by atoms with Crippen molar-refractivity contribution in [3.8, 4) is 0 Å². The molecule has 1 aliphatic heterocycles. The van der Waals surface area contributed by atoms with Crippen LogP contribution in [0.2, 0.25) is 0 Å². The first kappa shape index (κ1) is 16.0. The number of rotatable bonds is 5. The second kappa shape index (κ2) is 7.63. The van der Waals surface area contributed by atoms with Crippen molar-refractivity contribution in [2.45, 2.75) is 13.5 Å². The van der Waals surface area contributed by atoms with Gasteiger partial charge in [0.25, 0.3) is 0 Å². The zero-order chi connectivity index (χ0) is 16.1. The third-order valence-corrected chi connectivity index (χ3v) is 4.57. The topological polar surface area (TPSA) is 61.4 Å². The second-order valence-electron chi connectivity index (χ2n) is 5.83. The van der Waals surface area contributed by atoms with Gasteiger partial charge in [-0.1, -0.05) is 41.2 Å². The maximum Gasteiger partial charge on any atom is 0.240 e. The fraction of sp³-hybridized carbons (Fsp3) is 0.438. The summed E-state index contributed by atoms with van der Waals surface area (Å²) in [4.78, 5) is 16.6. The smallest absolute Gasteiger partial charge is 0.240 e. The number of hydrogen-bond donors (Lipinski definition) is 1. The maximum atomic E-state index is 12.0. The molecule has 0 unspecified atom stereocenters. The molecular formula is C16H21N5OS. The van der Waals surface area contributed by atoms with Crippen LogP contribution in [-0.2, 0) is 11.3 Å². The third-order valence-electron chi connectivity index (χ3n) is 3.97. The maximum absolute atomic E-state index is 12.0. The molecule has 0 bridgehead atoms. The third kappa shape index (κ3) is 4.82. The number of aromatic nitrogens is 2. The lowest BCUT2D eigenvalue weighted by Gasteiger charge is -2.34. The van der Waals surface area contributed by atoms with E-state index in [4.69, 9.17) is 0 Å². The Balaban J connectivity index is 1.41. The molecule has 1 amide bonds. The number of aryl methyl sites for hydroxylation is 1. The summed E-state index contributed by atoms with van der Waals surface area (Å²) in [6, 6.07) is 8.70. The van der Waals surface area contributed by atoms with Crippen LogP contribution in [-0.4, -0.2) is 58.6 Å². The minimum absolute atomic E-state index is 0.0197. The van der Waals surface area contributed by atoms with E-state index < -0.39 is 0 Å². The minimum atomic E-state index is -0.0197. The van der Waals surface area contributed by atoms with Crippen molar-refractivity contribution in [2.75, 3.05) is 38.0 Å². The van der Waals surface area contributed by atoms with Crippen molar-refractivity contribution in [1.82, 2.24) is 20.0 Å². The lowest BCUT2D eigenvalue weighted by Crippen LogP contribution is -2.48. The van der Waals surface area contributed by atoms with Gasteiger partial charge in [-0.15, -0.1) is 10.2 Å². The van der Waals surface area contributed by atoms with Crippen LogP contribution in [0, 0.1) is 6.92 Å². The van der Waals surface area contributed by atoms with Gasteiger partial charge >= 0.3 is 0 Å². The number of amides is 1. The molecule has 2 heterocycles. The van der Waals surface area contributed by atoms with Crippen molar-refractivity contribution in [2.24, 2.45) is 0 Å². The zero-order valence-electron chi connectivity index (χ0n) is 13.2. The summed E-state index contributed by atoms with van der Waals surface area (Å²) in [5, 5.41) is 10.9. The van der Waals surface area contributed by atoms with Gasteiger partial charge in [0, 0.05) is 32.7 Å². The van der Waals surface area contributed by atoms with Gasteiger partial charge in [-0.25, -0.2) is 0 Å². The molecule has 0 atom stereocenters. The largest absolute Gasteiger partial charge is 0.299 e. The highest BCUT2D eigenvalue weighted by atomic mass is 32.1. The second-order valence-corrected chi connectivity index (χ2v) is 6.66. The van der Waals surface area contributed by atoms with Crippen molar-refractivity contribution in [3.05, 3.63) is 40.9 Å². The van der Waals surface area contributed by atoms with Crippen LogP contribution >= 0.6 is 11.3 Å². The van der Waals surface area contributed by atoms with Crippen molar-refractivity contribution >= 4 is 22.4 Å². The highest BCUT2D eigenvalue weighted by molar-refractivity contribution is 7.13. The van der Waals surface area contributed by atoms with E-state index in [0.29, 0.717) is 11.7 Å². The fourth-order valence-corrected chi connectivity index (χ4v) is 3.11. The lowest BCUT2D eigenvalue weighted by atomic mass is 10.1. The van der Waals surface area contributed by atoms with Crippen LogP contribution in [0.1, 0.15) is 11.1 Å². The molecule has 1 fully saturated rings. The standard InChI is InChI=1S/C16H21N5OS/c1-13-2-4-14(5-3-13)10-20-6-8-21(9-7-20)11-15(22)18-16-19-17-12-23-16/h2-5,12H,6-11H2,1H3,(H,18,19,22). The van der Waals surface area contributed by atoms with Crippen LogP contribution < -0.4 is 5.32 Å². The number of nitrogens with zero attached hydrogens (tertiary/aromatic N) is 4. The quantitative estimate of drug-likeness (QED) is 0.902. The summed E-state index contributed by atoms with van der Waals surface area (Å²) in [5.41, 5.74) is 4.25. The van der Waals surface area contributed by atoms with Gasteiger partial charge in [-0.3, -0.25) is 19.9 Å². The Labute approximate surface area is 140 Å². The number of anilines is 1. The van der Waals surface area contributed by atoms with Crippen LogP contribution in [0.4, 0.5) is 5.13 Å². The number of benzene rings is 1. The van der Waals surface area contributed by atoms with Gasteiger partial charge in [0.15, 0.2) is 0 Å². The number of hydrogen-bond acceptors (Lipinski definition) is 6. The molecule has 122 valence electrons. The van der Waals surface area contributed by atoms with E-state index in [0.717, 1.165) is 32.7 Å². The average Bonchev–Trinajstić information content (AvgIpc) is 3.04. The molecule has 23 heavy (non-hydrogen) atoms. The van der Waals surface area contributed by atoms with E-state index in [1.807, 2.05) is 0 Å². The Hall–Kier alpha value is -1.83. The Morgan fingerprint density at radius 1 is 1.17 bits per heavy atom. The summed E-state index contributed by atoms with van der Waals surface area (Å²) in [6.07, 6.45) is 0. The summed E-state index contributed by atoms with van der Waals surface area (Å²) >= 11 is 1.33. The van der Waals surface area contributed by atoms with Crippen LogP contribution in [0.5, 0.6) is 0 Å². The zero-order valence-corrected chi connectivity index (χ0v) is 14.1. The van der Waals surface area contributed by atoms with Crippen molar-refractivity contribution in [1.29, 1.82) is 0 Å². The Morgan fingerprint density at radius 3 is 2.52 bits per heavy atom. The summed E-state index contributed by atoms with van der Waals surface area (Å²) in [7, 11) is 0. The van der Waals surface area contributed by atoms with E-state index in [1.165, 1.54) is 22.5 Å². The van der Waals surface area contributed by atoms with Gasteiger partial charge in [-0.2, -0.15) is 0 Å². The normalized spacial score (nSPS) is 16.4. The summed E-state index contributed by atoms with van der Waals surface area (Å²) in [6.45, 7) is 7.29. The number of carbonyl (C=O) groups is 1.